The monoisotopic (exact) mass is 262 g/mol. The van der Waals surface area contributed by atoms with E-state index in [9.17, 15) is 4.79 Å². The standard InChI is InChI=1S/C14H14O3S/c1-2-16-14(15)13(11-8-17-11)10-3-4-12-9(7-10)5-6-18-12/h3-7,11,13H,2,8H2,1H3/t11-,13?/m1/s1. The van der Waals surface area contributed by atoms with Gasteiger partial charge in [-0.3, -0.25) is 4.79 Å². The van der Waals surface area contributed by atoms with Gasteiger partial charge >= 0.3 is 5.97 Å². The van der Waals surface area contributed by atoms with Crippen molar-refractivity contribution in [3.63, 3.8) is 0 Å². The van der Waals surface area contributed by atoms with Crippen LogP contribution in [0, 0.1) is 0 Å². The van der Waals surface area contributed by atoms with Gasteiger partial charge in [-0.25, -0.2) is 0 Å². The first kappa shape index (κ1) is 11.7. The third-order valence-corrected chi connectivity index (χ3v) is 4.00. The number of carbonyl (C=O) groups is 1. The van der Waals surface area contributed by atoms with Crippen LogP contribution in [0.4, 0.5) is 0 Å². The van der Waals surface area contributed by atoms with Gasteiger partial charge in [0.2, 0.25) is 0 Å². The lowest BCUT2D eigenvalue weighted by molar-refractivity contribution is -0.145. The van der Waals surface area contributed by atoms with Crippen molar-refractivity contribution in [2.75, 3.05) is 13.2 Å². The van der Waals surface area contributed by atoms with E-state index in [1.165, 1.54) is 10.1 Å². The average molecular weight is 262 g/mol. The maximum atomic E-state index is 12.0. The maximum absolute atomic E-state index is 12.0. The van der Waals surface area contributed by atoms with Crippen LogP contribution in [0.1, 0.15) is 18.4 Å². The summed E-state index contributed by atoms with van der Waals surface area (Å²) < 4.78 is 11.7. The molecule has 0 aliphatic carbocycles. The summed E-state index contributed by atoms with van der Waals surface area (Å²) in [6, 6.07) is 8.20. The summed E-state index contributed by atoms with van der Waals surface area (Å²) in [5.41, 5.74) is 0.988. The zero-order valence-corrected chi connectivity index (χ0v) is 10.9. The van der Waals surface area contributed by atoms with Gasteiger partial charge in [0, 0.05) is 4.70 Å². The van der Waals surface area contributed by atoms with Gasteiger partial charge in [0.05, 0.1) is 19.3 Å². The van der Waals surface area contributed by atoms with Gasteiger partial charge in [0.1, 0.15) is 5.92 Å². The number of epoxide rings is 1. The van der Waals surface area contributed by atoms with E-state index in [0.717, 1.165) is 5.56 Å². The Morgan fingerprint density at radius 2 is 2.39 bits per heavy atom. The highest BCUT2D eigenvalue weighted by molar-refractivity contribution is 7.17. The number of rotatable bonds is 4. The van der Waals surface area contributed by atoms with E-state index in [2.05, 4.69) is 23.6 Å². The molecule has 0 spiro atoms. The number of carbonyl (C=O) groups excluding carboxylic acids is 1. The molecular weight excluding hydrogens is 248 g/mol. The third kappa shape index (κ3) is 2.13. The molecule has 18 heavy (non-hydrogen) atoms. The summed E-state index contributed by atoms with van der Waals surface area (Å²) >= 11 is 1.70. The minimum atomic E-state index is -0.283. The first-order valence-corrected chi connectivity index (χ1v) is 6.93. The predicted molar refractivity (Wildman–Crippen MR) is 70.9 cm³/mol. The van der Waals surface area contributed by atoms with Gasteiger partial charge < -0.3 is 9.47 Å². The largest absolute Gasteiger partial charge is 0.465 e. The normalized spacial score (nSPS) is 19.7. The van der Waals surface area contributed by atoms with Gasteiger partial charge in [-0.05, 0) is 41.5 Å². The smallest absolute Gasteiger partial charge is 0.316 e. The lowest BCUT2D eigenvalue weighted by Crippen LogP contribution is -2.20. The lowest BCUT2D eigenvalue weighted by atomic mass is 9.95. The predicted octanol–water partition coefficient (Wildman–Crippen LogP) is 2.95. The number of hydrogen-bond donors (Lipinski definition) is 0. The SMILES string of the molecule is CCOC(=O)C(c1ccc2sccc2c1)[C@H]1CO1. The van der Waals surface area contributed by atoms with Gasteiger partial charge in [-0.15, -0.1) is 11.3 Å². The zero-order chi connectivity index (χ0) is 12.5. The molecule has 1 unspecified atom stereocenters. The highest BCUT2D eigenvalue weighted by Crippen LogP contribution is 2.33. The molecule has 2 atom stereocenters. The number of thiophene rings is 1. The van der Waals surface area contributed by atoms with E-state index < -0.39 is 0 Å². The number of esters is 1. The van der Waals surface area contributed by atoms with Crippen molar-refractivity contribution in [3.05, 3.63) is 35.2 Å². The summed E-state index contributed by atoms with van der Waals surface area (Å²) in [7, 11) is 0. The van der Waals surface area contributed by atoms with Crippen LogP contribution >= 0.6 is 11.3 Å². The van der Waals surface area contributed by atoms with Crippen molar-refractivity contribution in [2.24, 2.45) is 0 Å². The molecule has 1 aromatic heterocycles. The number of benzene rings is 1. The number of fused-ring (bicyclic) bond motifs is 1. The van der Waals surface area contributed by atoms with Crippen LogP contribution in [0.15, 0.2) is 29.6 Å². The van der Waals surface area contributed by atoms with Crippen molar-refractivity contribution >= 4 is 27.4 Å². The molecule has 0 bridgehead atoms. The van der Waals surface area contributed by atoms with Crippen molar-refractivity contribution in [1.82, 2.24) is 0 Å². The molecule has 0 N–H and O–H groups in total. The molecule has 0 radical (unpaired) electrons. The Morgan fingerprint density at radius 1 is 1.56 bits per heavy atom. The Bertz CT molecular complexity index is 571. The molecule has 2 heterocycles. The lowest BCUT2D eigenvalue weighted by Gasteiger charge is -2.13. The van der Waals surface area contributed by atoms with E-state index >= 15 is 0 Å². The molecule has 2 aromatic rings. The Balaban J connectivity index is 1.95. The summed E-state index contributed by atoms with van der Waals surface area (Å²) in [5.74, 6) is -0.469. The molecule has 1 aliphatic heterocycles. The fraction of sp³-hybridized carbons (Fsp3) is 0.357. The van der Waals surface area contributed by atoms with E-state index in [1.807, 2.05) is 13.0 Å². The van der Waals surface area contributed by atoms with Crippen LogP contribution in [0.25, 0.3) is 10.1 Å². The molecule has 3 nitrogen and oxygen atoms in total. The van der Waals surface area contributed by atoms with Crippen LogP contribution in [-0.4, -0.2) is 25.3 Å². The topological polar surface area (TPSA) is 38.8 Å². The fourth-order valence-corrected chi connectivity index (χ4v) is 2.93. The molecule has 1 aromatic carbocycles. The van der Waals surface area contributed by atoms with Crippen molar-refractivity contribution < 1.29 is 14.3 Å². The number of hydrogen-bond acceptors (Lipinski definition) is 4. The second kappa shape index (κ2) is 4.71. The molecule has 0 amide bonds. The van der Waals surface area contributed by atoms with E-state index in [0.29, 0.717) is 13.2 Å². The van der Waals surface area contributed by atoms with Crippen LogP contribution in [0.2, 0.25) is 0 Å². The molecule has 0 saturated carbocycles. The highest BCUT2D eigenvalue weighted by Gasteiger charge is 2.40. The van der Waals surface area contributed by atoms with E-state index in [1.54, 1.807) is 11.3 Å². The minimum Gasteiger partial charge on any atom is -0.465 e. The second-order valence-electron chi connectivity index (χ2n) is 4.32. The Morgan fingerprint density at radius 3 is 3.11 bits per heavy atom. The van der Waals surface area contributed by atoms with Crippen LogP contribution in [0.5, 0.6) is 0 Å². The Kier molecular flexibility index (Phi) is 3.06. The van der Waals surface area contributed by atoms with E-state index in [-0.39, 0.29) is 18.0 Å². The van der Waals surface area contributed by atoms with Gasteiger partial charge in [0.15, 0.2) is 0 Å². The molecule has 1 fully saturated rings. The average Bonchev–Trinajstić information content (AvgIpc) is 3.07. The Hall–Kier alpha value is -1.39. The van der Waals surface area contributed by atoms with Crippen LogP contribution in [-0.2, 0) is 14.3 Å². The number of ether oxygens (including phenoxy) is 2. The summed E-state index contributed by atoms with van der Waals surface area (Å²) in [6.45, 7) is 2.87. The molecule has 1 aliphatic rings. The minimum absolute atomic E-state index is 0.0138. The first-order chi connectivity index (χ1) is 8.79. The fourth-order valence-electron chi connectivity index (χ4n) is 2.16. The molecule has 1 saturated heterocycles. The highest BCUT2D eigenvalue weighted by atomic mass is 32.1. The van der Waals surface area contributed by atoms with Gasteiger partial charge in [-0.1, -0.05) is 6.07 Å². The Labute approximate surface area is 109 Å². The molecule has 4 heteroatoms. The van der Waals surface area contributed by atoms with Gasteiger partial charge in [-0.2, -0.15) is 0 Å². The maximum Gasteiger partial charge on any atom is 0.316 e. The molecule has 3 rings (SSSR count). The zero-order valence-electron chi connectivity index (χ0n) is 10.1. The molecule has 94 valence electrons. The second-order valence-corrected chi connectivity index (χ2v) is 5.27. The third-order valence-electron chi connectivity index (χ3n) is 3.11. The van der Waals surface area contributed by atoms with Crippen molar-refractivity contribution in [1.29, 1.82) is 0 Å². The van der Waals surface area contributed by atoms with E-state index in [4.69, 9.17) is 9.47 Å². The van der Waals surface area contributed by atoms with Crippen LogP contribution < -0.4 is 0 Å². The molecular formula is C14H14O3S. The summed E-state index contributed by atoms with van der Waals surface area (Å²) in [6.07, 6.45) is -0.0138. The van der Waals surface area contributed by atoms with Crippen LogP contribution in [0.3, 0.4) is 0 Å². The van der Waals surface area contributed by atoms with Crippen molar-refractivity contribution in [3.8, 4) is 0 Å². The summed E-state index contributed by atoms with van der Waals surface area (Å²) in [4.78, 5) is 12.0. The van der Waals surface area contributed by atoms with Crippen molar-refractivity contribution in [2.45, 2.75) is 18.9 Å². The quantitative estimate of drug-likeness (QED) is 0.628. The first-order valence-electron chi connectivity index (χ1n) is 6.05. The summed E-state index contributed by atoms with van der Waals surface area (Å²) in [5, 5.41) is 3.23. The van der Waals surface area contributed by atoms with Gasteiger partial charge in [0.25, 0.3) is 0 Å².